The van der Waals surface area contributed by atoms with Crippen LogP contribution in [0.2, 0.25) is 0 Å². The first-order valence-electron chi connectivity index (χ1n) is 16.4. The zero-order valence-electron chi connectivity index (χ0n) is 26.2. The molecule has 3 N–H and O–H groups in total. The number of carbonyl (C=O) groups excluding carboxylic acids is 3. The molecular weight excluding hydrogens is 546 g/mol. The zero-order chi connectivity index (χ0) is 30.4. The molecule has 0 aromatic heterocycles. The predicted molar refractivity (Wildman–Crippen MR) is 168 cm³/mol. The summed E-state index contributed by atoms with van der Waals surface area (Å²) in [5, 5.41) is 7.98. The molecule has 1 saturated carbocycles. The zero-order valence-corrected chi connectivity index (χ0v) is 26.2. The van der Waals surface area contributed by atoms with E-state index in [9.17, 15) is 14.4 Å². The second kappa shape index (κ2) is 17.1. The number of hydrogen-bond acceptors (Lipinski definition) is 7. The van der Waals surface area contributed by atoms with Crippen molar-refractivity contribution in [3.8, 4) is 5.75 Å². The second-order valence-electron chi connectivity index (χ2n) is 12.1. The van der Waals surface area contributed by atoms with Crippen LogP contribution in [-0.4, -0.2) is 84.5 Å². The molecule has 0 bridgehead atoms. The minimum absolute atomic E-state index is 0.0669. The lowest BCUT2D eigenvalue weighted by molar-refractivity contribution is -0.130. The van der Waals surface area contributed by atoms with E-state index in [0.717, 1.165) is 88.7 Å². The van der Waals surface area contributed by atoms with E-state index in [1.807, 2.05) is 35.2 Å². The van der Waals surface area contributed by atoms with Crippen LogP contribution in [0.1, 0.15) is 96.0 Å². The third-order valence-electron chi connectivity index (χ3n) is 8.40. The monoisotopic (exact) mass is 597 g/mol. The number of amides is 4. The summed E-state index contributed by atoms with van der Waals surface area (Å²) < 4.78 is 5.99. The molecule has 11 nitrogen and oxygen atoms in total. The Labute approximate surface area is 256 Å². The maximum atomic E-state index is 13.0. The number of ether oxygens (including phenoxy) is 1. The Morgan fingerprint density at radius 1 is 1.02 bits per heavy atom. The van der Waals surface area contributed by atoms with E-state index < -0.39 is 0 Å². The Bertz CT molecular complexity index is 1100. The molecule has 11 heteroatoms. The van der Waals surface area contributed by atoms with Gasteiger partial charge < -0.3 is 19.9 Å². The fourth-order valence-corrected chi connectivity index (χ4v) is 5.88. The Hall–Kier alpha value is -3.34. The highest BCUT2D eigenvalue weighted by Crippen LogP contribution is 2.30. The Morgan fingerprint density at radius 3 is 2.56 bits per heavy atom. The van der Waals surface area contributed by atoms with E-state index in [4.69, 9.17) is 9.73 Å². The van der Waals surface area contributed by atoms with Crippen LogP contribution in [0.3, 0.4) is 0 Å². The normalized spacial score (nSPS) is 17.4. The maximum absolute atomic E-state index is 13.0. The van der Waals surface area contributed by atoms with Gasteiger partial charge in [-0.3, -0.25) is 20.3 Å². The molecule has 0 atom stereocenters. The lowest BCUT2D eigenvalue weighted by atomic mass is 9.96. The summed E-state index contributed by atoms with van der Waals surface area (Å²) in [4.78, 5) is 46.7. The highest BCUT2D eigenvalue weighted by Gasteiger charge is 2.26. The number of benzene rings is 1. The number of hydrazine groups is 1. The number of aliphatic imine (C=N–C) groups is 1. The van der Waals surface area contributed by atoms with Crippen molar-refractivity contribution in [3.05, 3.63) is 23.8 Å². The van der Waals surface area contributed by atoms with Crippen LogP contribution in [0.5, 0.6) is 5.75 Å². The molecule has 0 spiro atoms. The van der Waals surface area contributed by atoms with E-state index in [-0.39, 0.29) is 30.4 Å². The van der Waals surface area contributed by atoms with Gasteiger partial charge in [-0.1, -0.05) is 45.4 Å². The van der Waals surface area contributed by atoms with E-state index in [1.165, 1.54) is 12.8 Å². The molecule has 43 heavy (non-hydrogen) atoms. The van der Waals surface area contributed by atoms with E-state index in [1.54, 1.807) is 4.90 Å². The van der Waals surface area contributed by atoms with Crippen LogP contribution in [0.4, 0.5) is 10.5 Å². The first-order valence-corrected chi connectivity index (χ1v) is 16.4. The number of rotatable bonds is 13. The lowest BCUT2D eigenvalue weighted by Gasteiger charge is -2.32. The molecule has 1 saturated heterocycles. The number of guanidine groups is 1. The second-order valence-corrected chi connectivity index (χ2v) is 12.1. The molecule has 0 radical (unpaired) electrons. The third kappa shape index (κ3) is 10.7. The van der Waals surface area contributed by atoms with Crippen LogP contribution in [0.25, 0.3) is 0 Å². The van der Waals surface area contributed by atoms with Crippen molar-refractivity contribution in [3.63, 3.8) is 0 Å². The fourth-order valence-electron chi connectivity index (χ4n) is 5.88. The molecular formula is C32H51N7O4. The molecule has 0 unspecified atom stereocenters. The van der Waals surface area contributed by atoms with Gasteiger partial charge >= 0.3 is 6.03 Å². The number of carbonyl (C=O) groups is 3. The van der Waals surface area contributed by atoms with Crippen molar-refractivity contribution in [1.29, 1.82) is 0 Å². The highest BCUT2D eigenvalue weighted by atomic mass is 16.5. The number of nitrogens with one attached hydrogen (secondary N) is 3. The van der Waals surface area contributed by atoms with Crippen LogP contribution in [0, 0.1) is 0 Å². The van der Waals surface area contributed by atoms with Crippen molar-refractivity contribution in [1.82, 2.24) is 30.9 Å². The van der Waals surface area contributed by atoms with E-state index in [0.29, 0.717) is 37.7 Å². The number of piperidine rings is 1. The molecule has 1 aromatic carbocycles. The Morgan fingerprint density at radius 2 is 1.79 bits per heavy atom. The molecule has 238 valence electrons. The van der Waals surface area contributed by atoms with Crippen LogP contribution in [-0.2, 0) is 16.1 Å². The summed E-state index contributed by atoms with van der Waals surface area (Å²) in [5.41, 5.74) is 4.66. The first kappa shape index (κ1) is 32.6. The molecule has 2 fully saturated rings. The molecule has 4 rings (SSSR count). The smallest absolute Gasteiger partial charge is 0.321 e. The standard InChI is InChI=1S/C32H51N7O4/c1-3-4-9-18-37(2)30(41)15-12-21-43-27-16-17-28-25(22-27)23-38(24-29(40)36-39-19-10-6-11-20-39)31(34-28)35-32(42)33-26-13-7-5-8-14-26/h16-17,22,26H,3-15,18-21,23-24H2,1-2H3,(H,36,40)(H2,33,34,35,42). The minimum Gasteiger partial charge on any atom is -0.494 e. The van der Waals surface area contributed by atoms with Crippen molar-refractivity contribution in [2.24, 2.45) is 4.99 Å². The van der Waals surface area contributed by atoms with Gasteiger partial charge in [0.1, 0.15) is 12.3 Å². The Balaban J connectivity index is 1.35. The largest absolute Gasteiger partial charge is 0.494 e. The van der Waals surface area contributed by atoms with Gasteiger partial charge in [-0.2, -0.15) is 0 Å². The summed E-state index contributed by atoms with van der Waals surface area (Å²) in [5.74, 6) is 1.07. The van der Waals surface area contributed by atoms with Gasteiger partial charge in [0.2, 0.25) is 11.9 Å². The molecule has 2 aliphatic heterocycles. The Kier molecular flexibility index (Phi) is 12.9. The fraction of sp³-hybridized carbons (Fsp3) is 0.688. The minimum atomic E-state index is -0.291. The number of nitrogens with zero attached hydrogens (tertiary/aromatic N) is 4. The molecule has 3 aliphatic rings. The molecule has 1 aliphatic carbocycles. The van der Waals surface area contributed by atoms with Gasteiger partial charge in [0.05, 0.1) is 12.3 Å². The third-order valence-corrected chi connectivity index (χ3v) is 8.40. The number of unbranched alkanes of at least 4 members (excludes halogenated alkanes) is 2. The molecule has 1 aromatic rings. The van der Waals surface area contributed by atoms with Crippen molar-refractivity contribution in [2.75, 3.05) is 39.8 Å². The van der Waals surface area contributed by atoms with Gasteiger partial charge in [-0.05, 0) is 56.7 Å². The lowest BCUT2D eigenvalue weighted by Crippen LogP contribution is -2.54. The van der Waals surface area contributed by atoms with Gasteiger partial charge in [0, 0.05) is 51.3 Å². The summed E-state index contributed by atoms with van der Waals surface area (Å²) in [6.45, 7) is 5.56. The first-order chi connectivity index (χ1) is 20.9. The number of hydrogen-bond donors (Lipinski definition) is 3. The van der Waals surface area contributed by atoms with Crippen molar-refractivity contribution < 1.29 is 19.1 Å². The topological polar surface area (TPSA) is 119 Å². The quantitative estimate of drug-likeness (QED) is 0.289. The number of fused-ring (bicyclic) bond motifs is 1. The summed E-state index contributed by atoms with van der Waals surface area (Å²) in [7, 11) is 1.87. The van der Waals surface area contributed by atoms with Crippen LogP contribution >= 0.6 is 0 Å². The van der Waals surface area contributed by atoms with Gasteiger partial charge in [0.15, 0.2) is 0 Å². The SMILES string of the molecule is CCCCCN(C)C(=O)CCCOc1ccc2c(c1)CN(CC(=O)NN1CCCCC1)C(NC(=O)NC1CCCCC1)=N2. The van der Waals surface area contributed by atoms with Gasteiger partial charge in [-0.15, -0.1) is 0 Å². The van der Waals surface area contributed by atoms with Crippen LogP contribution in [0.15, 0.2) is 23.2 Å². The van der Waals surface area contributed by atoms with Gasteiger partial charge in [-0.25, -0.2) is 14.8 Å². The summed E-state index contributed by atoms with van der Waals surface area (Å²) in [6.07, 6.45) is 13.1. The number of urea groups is 1. The molecule has 4 amide bonds. The average Bonchev–Trinajstić information content (AvgIpc) is 3.00. The summed E-state index contributed by atoms with van der Waals surface area (Å²) in [6, 6.07) is 5.55. The van der Waals surface area contributed by atoms with Crippen molar-refractivity contribution in [2.45, 2.75) is 103 Å². The average molecular weight is 598 g/mol. The van der Waals surface area contributed by atoms with Gasteiger partial charge in [0.25, 0.3) is 5.91 Å². The van der Waals surface area contributed by atoms with Crippen LogP contribution < -0.4 is 20.8 Å². The highest BCUT2D eigenvalue weighted by molar-refractivity contribution is 5.99. The van der Waals surface area contributed by atoms with E-state index in [2.05, 4.69) is 23.0 Å². The summed E-state index contributed by atoms with van der Waals surface area (Å²) >= 11 is 0. The predicted octanol–water partition coefficient (Wildman–Crippen LogP) is 4.45. The van der Waals surface area contributed by atoms with Crippen molar-refractivity contribution >= 4 is 29.5 Å². The van der Waals surface area contributed by atoms with E-state index >= 15 is 0 Å². The molecule has 2 heterocycles. The maximum Gasteiger partial charge on any atom is 0.321 e.